The molecule has 5 nitrogen and oxygen atoms in total. The van der Waals surface area contributed by atoms with Gasteiger partial charge in [-0.3, -0.25) is 9.89 Å². The van der Waals surface area contributed by atoms with Crippen molar-refractivity contribution >= 4 is 17.7 Å². The third-order valence-corrected chi connectivity index (χ3v) is 6.18. The zero-order valence-electron chi connectivity index (χ0n) is 13.8. The van der Waals surface area contributed by atoms with Crippen LogP contribution in [0.5, 0.6) is 0 Å². The maximum absolute atomic E-state index is 5.47. The summed E-state index contributed by atoms with van der Waals surface area (Å²) in [5.74, 6) is 4.59. The van der Waals surface area contributed by atoms with Gasteiger partial charge in [0, 0.05) is 45.8 Å². The van der Waals surface area contributed by atoms with Gasteiger partial charge in [0.1, 0.15) is 0 Å². The van der Waals surface area contributed by atoms with Crippen LogP contribution >= 0.6 is 11.8 Å². The summed E-state index contributed by atoms with van der Waals surface area (Å²) in [5.41, 5.74) is 0. The molecule has 6 heteroatoms. The molecule has 0 aliphatic carbocycles. The molecule has 3 heterocycles. The summed E-state index contributed by atoms with van der Waals surface area (Å²) < 4.78 is 5.47. The van der Waals surface area contributed by atoms with Crippen molar-refractivity contribution < 1.29 is 4.74 Å². The van der Waals surface area contributed by atoms with Crippen LogP contribution < -0.4 is 5.32 Å². The lowest BCUT2D eigenvalue weighted by Gasteiger charge is -2.32. The van der Waals surface area contributed by atoms with Gasteiger partial charge in [0.15, 0.2) is 5.96 Å². The van der Waals surface area contributed by atoms with E-state index in [1.54, 1.807) is 0 Å². The molecular formula is C16H30N4OS. The van der Waals surface area contributed by atoms with Crippen LogP contribution in [-0.2, 0) is 4.74 Å². The number of guanidine groups is 1. The summed E-state index contributed by atoms with van der Waals surface area (Å²) in [5, 5.41) is 3.63. The summed E-state index contributed by atoms with van der Waals surface area (Å²) in [6.45, 7) is 7.29. The first-order valence-corrected chi connectivity index (χ1v) is 9.87. The van der Waals surface area contributed by atoms with Crippen LogP contribution in [-0.4, -0.2) is 86.3 Å². The fourth-order valence-corrected chi connectivity index (χ4v) is 4.90. The van der Waals surface area contributed by atoms with Gasteiger partial charge in [0.25, 0.3) is 0 Å². The van der Waals surface area contributed by atoms with Crippen molar-refractivity contribution in [2.45, 2.75) is 25.3 Å². The summed E-state index contributed by atoms with van der Waals surface area (Å²) in [6, 6.07) is 0.675. The first-order chi connectivity index (χ1) is 10.9. The van der Waals surface area contributed by atoms with E-state index in [9.17, 15) is 0 Å². The van der Waals surface area contributed by atoms with Crippen LogP contribution in [0.2, 0.25) is 0 Å². The lowest BCUT2D eigenvalue weighted by Crippen LogP contribution is -2.47. The molecule has 0 amide bonds. The van der Waals surface area contributed by atoms with Crippen molar-refractivity contribution in [3.63, 3.8) is 0 Å². The van der Waals surface area contributed by atoms with E-state index in [-0.39, 0.29) is 0 Å². The quantitative estimate of drug-likeness (QED) is 0.621. The second kappa shape index (κ2) is 8.41. The van der Waals surface area contributed by atoms with Crippen molar-refractivity contribution in [1.82, 2.24) is 15.1 Å². The van der Waals surface area contributed by atoms with Crippen molar-refractivity contribution in [3.05, 3.63) is 0 Å². The molecule has 126 valence electrons. The second-order valence-electron chi connectivity index (χ2n) is 6.52. The van der Waals surface area contributed by atoms with Gasteiger partial charge >= 0.3 is 0 Å². The molecule has 22 heavy (non-hydrogen) atoms. The number of thioether (sulfide) groups is 1. The second-order valence-corrected chi connectivity index (χ2v) is 7.75. The molecule has 3 rings (SSSR count). The molecule has 0 spiro atoms. The fraction of sp³-hybridized carbons (Fsp3) is 0.938. The SMILES string of the molecule is CN=C(NCC1CCSCC1)N1CCC(N2CCOCC2)C1. The molecule has 3 aliphatic heterocycles. The number of rotatable bonds is 3. The average molecular weight is 327 g/mol. The Hall–Kier alpha value is -0.460. The number of ether oxygens (including phenoxy) is 1. The monoisotopic (exact) mass is 326 g/mol. The van der Waals surface area contributed by atoms with Gasteiger partial charge in [-0.05, 0) is 36.7 Å². The maximum atomic E-state index is 5.47. The van der Waals surface area contributed by atoms with Crippen molar-refractivity contribution in [2.75, 3.05) is 64.5 Å². The number of nitrogens with one attached hydrogen (secondary N) is 1. The molecule has 0 aromatic carbocycles. The predicted octanol–water partition coefficient (Wildman–Crippen LogP) is 1.11. The van der Waals surface area contributed by atoms with Crippen LogP contribution in [0.15, 0.2) is 4.99 Å². The summed E-state index contributed by atoms with van der Waals surface area (Å²) in [4.78, 5) is 9.55. The van der Waals surface area contributed by atoms with E-state index in [0.717, 1.165) is 57.8 Å². The van der Waals surface area contributed by atoms with E-state index >= 15 is 0 Å². The number of likely N-dealkylation sites (tertiary alicyclic amines) is 1. The van der Waals surface area contributed by atoms with Gasteiger partial charge in [0.05, 0.1) is 13.2 Å². The fourth-order valence-electron chi connectivity index (χ4n) is 3.69. The van der Waals surface area contributed by atoms with Gasteiger partial charge in [-0.1, -0.05) is 0 Å². The highest BCUT2D eigenvalue weighted by Gasteiger charge is 2.30. The summed E-state index contributed by atoms with van der Waals surface area (Å²) >= 11 is 2.10. The molecule has 0 bridgehead atoms. The highest BCUT2D eigenvalue weighted by molar-refractivity contribution is 7.99. The molecule has 3 saturated heterocycles. The normalized spacial score (nSPS) is 29.0. The minimum Gasteiger partial charge on any atom is -0.379 e. The van der Waals surface area contributed by atoms with E-state index in [1.807, 2.05) is 7.05 Å². The Morgan fingerprint density at radius 3 is 2.68 bits per heavy atom. The first-order valence-electron chi connectivity index (χ1n) is 8.72. The van der Waals surface area contributed by atoms with Crippen molar-refractivity contribution in [2.24, 2.45) is 10.9 Å². The van der Waals surface area contributed by atoms with Crippen LogP contribution in [0.1, 0.15) is 19.3 Å². The molecule has 0 aromatic heterocycles. The van der Waals surface area contributed by atoms with Crippen LogP contribution in [0.4, 0.5) is 0 Å². The Morgan fingerprint density at radius 2 is 1.95 bits per heavy atom. The van der Waals surface area contributed by atoms with Crippen LogP contribution in [0.3, 0.4) is 0 Å². The molecule has 0 radical (unpaired) electrons. The lowest BCUT2D eigenvalue weighted by atomic mass is 10.0. The van der Waals surface area contributed by atoms with Gasteiger partial charge in [-0.25, -0.2) is 0 Å². The van der Waals surface area contributed by atoms with E-state index in [0.29, 0.717) is 6.04 Å². The number of hydrogen-bond acceptors (Lipinski definition) is 4. The van der Waals surface area contributed by atoms with Crippen LogP contribution in [0.25, 0.3) is 0 Å². The predicted molar refractivity (Wildman–Crippen MR) is 93.8 cm³/mol. The summed E-state index contributed by atoms with van der Waals surface area (Å²) in [7, 11) is 1.92. The molecule has 3 aliphatic rings. The maximum Gasteiger partial charge on any atom is 0.193 e. The molecule has 1 N–H and O–H groups in total. The molecular weight excluding hydrogens is 296 g/mol. The summed E-state index contributed by atoms with van der Waals surface area (Å²) in [6.07, 6.45) is 3.96. The molecule has 0 aromatic rings. The Balaban J connectivity index is 1.45. The minimum atomic E-state index is 0.675. The van der Waals surface area contributed by atoms with E-state index < -0.39 is 0 Å². The Labute approximate surface area is 138 Å². The molecule has 1 unspecified atom stereocenters. The van der Waals surface area contributed by atoms with Crippen LogP contribution in [0, 0.1) is 5.92 Å². The lowest BCUT2D eigenvalue weighted by molar-refractivity contribution is 0.0195. The minimum absolute atomic E-state index is 0.675. The topological polar surface area (TPSA) is 40.1 Å². The third-order valence-electron chi connectivity index (χ3n) is 5.13. The highest BCUT2D eigenvalue weighted by Crippen LogP contribution is 2.22. The number of hydrogen-bond donors (Lipinski definition) is 1. The Bertz CT molecular complexity index is 367. The largest absolute Gasteiger partial charge is 0.379 e. The number of morpholine rings is 1. The van der Waals surface area contributed by atoms with Gasteiger partial charge in [-0.15, -0.1) is 0 Å². The van der Waals surface area contributed by atoms with Crippen molar-refractivity contribution in [3.8, 4) is 0 Å². The van der Waals surface area contributed by atoms with Crippen molar-refractivity contribution in [1.29, 1.82) is 0 Å². The van der Waals surface area contributed by atoms with Gasteiger partial charge in [-0.2, -0.15) is 11.8 Å². The third kappa shape index (κ3) is 4.30. The Morgan fingerprint density at radius 1 is 1.18 bits per heavy atom. The molecule has 0 saturated carbocycles. The first kappa shape index (κ1) is 16.4. The molecule has 3 fully saturated rings. The Kier molecular flexibility index (Phi) is 6.27. The number of aliphatic imine (C=N–C) groups is 1. The van der Waals surface area contributed by atoms with Gasteiger partial charge in [0.2, 0.25) is 0 Å². The molecule has 1 atom stereocenters. The smallest absolute Gasteiger partial charge is 0.193 e. The van der Waals surface area contributed by atoms with E-state index in [4.69, 9.17) is 4.74 Å². The zero-order valence-corrected chi connectivity index (χ0v) is 14.6. The van der Waals surface area contributed by atoms with E-state index in [2.05, 4.69) is 31.9 Å². The average Bonchev–Trinajstić information content (AvgIpc) is 3.07. The van der Waals surface area contributed by atoms with E-state index in [1.165, 1.54) is 30.8 Å². The standard InChI is InChI=1S/C16H30N4OS/c1-17-16(18-12-14-3-10-22-11-4-14)20-5-2-15(13-20)19-6-8-21-9-7-19/h14-15H,2-13H2,1H3,(H,17,18). The van der Waals surface area contributed by atoms with Gasteiger partial charge < -0.3 is 15.0 Å². The highest BCUT2D eigenvalue weighted by atomic mass is 32.2. The zero-order chi connectivity index (χ0) is 15.2. The number of nitrogens with zero attached hydrogens (tertiary/aromatic N) is 3.